The van der Waals surface area contributed by atoms with Crippen LogP contribution in [-0.2, 0) is 16.1 Å². The zero-order valence-corrected chi connectivity index (χ0v) is 12.7. The number of benzene rings is 1. The number of anilines is 1. The number of carbonyl (C=O) groups is 2. The van der Waals surface area contributed by atoms with Gasteiger partial charge in [-0.25, -0.2) is 4.79 Å². The number of hydrogen-bond acceptors (Lipinski definition) is 4. The van der Waals surface area contributed by atoms with E-state index in [1.165, 1.54) is 11.8 Å². The van der Waals surface area contributed by atoms with Crippen LogP contribution < -0.4 is 5.73 Å². The standard InChI is InChI=1S/C15H22N2O3/c1-10(18)17(5)9-12-8-11(6-7-13(12)16)14(19)20-15(2,3)4/h6-8H,9,16H2,1-5H3. The summed E-state index contributed by atoms with van der Waals surface area (Å²) in [5.74, 6) is -0.462. The number of nitrogens with zero attached hydrogens (tertiary/aromatic N) is 1. The maximum absolute atomic E-state index is 12.0. The zero-order chi connectivity index (χ0) is 15.5. The lowest BCUT2D eigenvalue weighted by Crippen LogP contribution is -2.25. The number of hydrogen-bond donors (Lipinski definition) is 1. The Balaban J connectivity index is 2.96. The number of nitrogen functional groups attached to an aromatic ring is 1. The zero-order valence-electron chi connectivity index (χ0n) is 12.7. The van der Waals surface area contributed by atoms with Gasteiger partial charge in [-0.1, -0.05) is 0 Å². The van der Waals surface area contributed by atoms with Gasteiger partial charge in [0.25, 0.3) is 0 Å². The van der Waals surface area contributed by atoms with Crippen molar-refractivity contribution in [1.29, 1.82) is 0 Å². The van der Waals surface area contributed by atoms with E-state index in [1.807, 2.05) is 20.8 Å². The molecule has 0 aliphatic carbocycles. The fraction of sp³-hybridized carbons (Fsp3) is 0.467. The quantitative estimate of drug-likeness (QED) is 0.679. The molecule has 110 valence electrons. The molecule has 0 fully saturated rings. The minimum atomic E-state index is -0.547. The molecule has 5 heteroatoms. The van der Waals surface area contributed by atoms with Gasteiger partial charge in [-0.15, -0.1) is 0 Å². The molecule has 2 N–H and O–H groups in total. The number of carbonyl (C=O) groups excluding carboxylic acids is 2. The van der Waals surface area contributed by atoms with Crippen LogP contribution in [-0.4, -0.2) is 29.4 Å². The first kappa shape index (κ1) is 16.0. The predicted octanol–water partition coefficient (Wildman–Crippen LogP) is 2.20. The fourth-order valence-corrected chi connectivity index (χ4v) is 1.57. The summed E-state index contributed by atoms with van der Waals surface area (Å²) in [5, 5.41) is 0. The highest BCUT2D eigenvalue weighted by molar-refractivity contribution is 5.90. The maximum Gasteiger partial charge on any atom is 0.338 e. The van der Waals surface area contributed by atoms with Gasteiger partial charge in [0.2, 0.25) is 5.91 Å². The van der Waals surface area contributed by atoms with Gasteiger partial charge in [0.1, 0.15) is 5.60 Å². The lowest BCUT2D eigenvalue weighted by molar-refractivity contribution is -0.128. The van der Waals surface area contributed by atoms with Crippen LogP contribution in [0.4, 0.5) is 5.69 Å². The summed E-state index contributed by atoms with van der Waals surface area (Å²) in [6, 6.07) is 4.95. The molecular weight excluding hydrogens is 256 g/mol. The van der Waals surface area contributed by atoms with E-state index >= 15 is 0 Å². The van der Waals surface area contributed by atoms with Crippen molar-refractivity contribution < 1.29 is 14.3 Å². The predicted molar refractivity (Wildman–Crippen MR) is 78.2 cm³/mol. The van der Waals surface area contributed by atoms with Crippen LogP contribution >= 0.6 is 0 Å². The Morgan fingerprint density at radius 2 is 1.90 bits per heavy atom. The van der Waals surface area contributed by atoms with Crippen molar-refractivity contribution in [2.45, 2.75) is 39.8 Å². The number of amides is 1. The van der Waals surface area contributed by atoms with Crippen molar-refractivity contribution >= 4 is 17.6 Å². The minimum Gasteiger partial charge on any atom is -0.456 e. The first-order valence-electron chi connectivity index (χ1n) is 6.43. The minimum absolute atomic E-state index is 0.0629. The second-order valence-corrected chi connectivity index (χ2v) is 5.79. The van der Waals surface area contributed by atoms with Crippen molar-refractivity contribution in [3.63, 3.8) is 0 Å². The van der Waals surface area contributed by atoms with Gasteiger partial charge in [0.05, 0.1) is 5.56 Å². The van der Waals surface area contributed by atoms with Gasteiger partial charge >= 0.3 is 5.97 Å². The average Bonchev–Trinajstić information content (AvgIpc) is 2.29. The Bertz CT molecular complexity index is 518. The normalized spacial score (nSPS) is 11.1. The molecule has 20 heavy (non-hydrogen) atoms. The summed E-state index contributed by atoms with van der Waals surface area (Å²) >= 11 is 0. The first-order chi connectivity index (χ1) is 9.10. The average molecular weight is 278 g/mol. The lowest BCUT2D eigenvalue weighted by atomic mass is 10.1. The molecule has 0 saturated carbocycles. The molecule has 1 amide bonds. The van der Waals surface area contributed by atoms with Gasteiger partial charge in [-0.2, -0.15) is 0 Å². The van der Waals surface area contributed by atoms with Crippen LogP contribution in [0.5, 0.6) is 0 Å². The maximum atomic E-state index is 12.0. The monoisotopic (exact) mass is 278 g/mol. The summed E-state index contributed by atoms with van der Waals surface area (Å²) in [7, 11) is 1.68. The number of ether oxygens (including phenoxy) is 1. The molecule has 0 saturated heterocycles. The van der Waals surface area contributed by atoms with Crippen molar-refractivity contribution in [2.75, 3.05) is 12.8 Å². The van der Waals surface area contributed by atoms with Crippen LogP contribution in [0, 0.1) is 0 Å². The van der Waals surface area contributed by atoms with Gasteiger partial charge in [0.15, 0.2) is 0 Å². The molecule has 0 spiro atoms. The molecule has 0 radical (unpaired) electrons. The highest BCUT2D eigenvalue weighted by atomic mass is 16.6. The van der Waals surface area contributed by atoms with Crippen molar-refractivity contribution in [3.8, 4) is 0 Å². The highest BCUT2D eigenvalue weighted by Crippen LogP contribution is 2.19. The summed E-state index contributed by atoms with van der Waals surface area (Å²) in [5.41, 5.74) is 7.03. The van der Waals surface area contributed by atoms with E-state index in [1.54, 1.807) is 25.2 Å². The topological polar surface area (TPSA) is 72.6 Å². The van der Waals surface area contributed by atoms with Crippen molar-refractivity contribution in [3.05, 3.63) is 29.3 Å². The molecule has 0 bridgehead atoms. The van der Waals surface area contributed by atoms with E-state index in [-0.39, 0.29) is 5.91 Å². The highest BCUT2D eigenvalue weighted by Gasteiger charge is 2.19. The summed E-state index contributed by atoms with van der Waals surface area (Å²) in [6.45, 7) is 7.28. The van der Waals surface area contributed by atoms with Gasteiger partial charge < -0.3 is 15.4 Å². The second kappa shape index (κ2) is 5.94. The summed E-state index contributed by atoms with van der Waals surface area (Å²) in [6.07, 6.45) is 0. The third-order valence-electron chi connectivity index (χ3n) is 2.72. The smallest absolute Gasteiger partial charge is 0.338 e. The van der Waals surface area contributed by atoms with Crippen LogP contribution in [0.3, 0.4) is 0 Å². The second-order valence-electron chi connectivity index (χ2n) is 5.79. The Hall–Kier alpha value is -2.04. The Morgan fingerprint density at radius 1 is 1.30 bits per heavy atom. The van der Waals surface area contributed by atoms with Crippen molar-refractivity contribution in [2.24, 2.45) is 0 Å². The largest absolute Gasteiger partial charge is 0.456 e. The molecule has 0 aliphatic heterocycles. The Labute approximate surface area is 119 Å². The molecule has 0 atom stereocenters. The third-order valence-corrected chi connectivity index (χ3v) is 2.72. The van der Waals surface area contributed by atoms with E-state index in [2.05, 4.69) is 0 Å². The van der Waals surface area contributed by atoms with E-state index in [0.29, 0.717) is 17.8 Å². The van der Waals surface area contributed by atoms with Gasteiger partial charge in [0, 0.05) is 26.2 Å². The molecule has 0 aliphatic rings. The van der Waals surface area contributed by atoms with E-state index < -0.39 is 11.6 Å². The molecule has 1 aromatic carbocycles. The van der Waals surface area contributed by atoms with E-state index in [0.717, 1.165) is 5.56 Å². The van der Waals surface area contributed by atoms with Crippen LogP contribution in [0.15, 0.2) is 18.2 Å². The Morgan fingerprint density at radius 3 is 2.40 bits per heavy atom. The summed E-state index contributed by atoms with van der Waals surface area (Å²) < 4.78 is 5.31. The molecule has 0 unspecified atom stereocenters. The molecule has 1 aromatic rings. The Kier molecular flexibility index (Phi) is 4.76. The number of esters is 1. The number of nitrogens with two attached hydrogens (primary N) is 1. The van der Waals surface area contributed by atoms with Gasteiger partial charge in [-0.05, 0) is 44.5 Å². The van der Waals surface area contributed by atoms with Crippen LogP contribution in [0.25, 0.3) is 0 Å². The number of rotatable bonds is 3. The fourth-order valence-electron chi connectivity index (χ4n) is 1.57. The molecule has 1 rings (SSSR count). The summed E-state index contributed by atoms with van der Waals surface area (Å²) in [4.78, 5) is 24.8. The molecular formula is C15H22N2O3. The van der Waals surface area contributed by atoms with Crippen LogP contribution in [0.2, 0.25) is 0 Å². The van der Waals surface area contributed by atoms with Crippen molar-refractivity contribution in [1.82, 2.24) is 4.90 Å². The first-order valence-corrected chi connectivity index (χ1v) is 6.43. The van der Waals surface area contributed by atoms with Gasteiger partial charge in [-0.3, -0.25) is 4.79 Å². The molecule has 0 aromatic heterocycles. The third kappa shape index (κ3) is 4.57. The molecule has 0 heterocycles. The SMILES string of the molecule is CC(=O)N(C)Cc1cc(C(=O)OC(C)(C)C)ccc1N. The molecule has 5 nitrogen and oxygen atoms in total. The van der Waals surface area contributed by atoms with E-state index in [9.17, 15) is 9.59 Å². The van der Waals surface area contributed by atoms with Crippen LogP contribution in [0.1, 0.15) is 43.6 Å². The lowest BCUT2D eigenvalue weighted by Gasteiger charge is -2.20. The van der Waals surface area contributed by atoms with E-state index in [4.69, 9.17) is 10.5 Å².